The van der Waals surface area contributed by atoms with E-state index in [2.05, 4.69) is 56.6 Å². The number of likely N-dealkylation sites (N-methyl/N-ethyl adjacent to an activating group) is 1. The van der Waals surface area contributed by atoms with Gasteiger partial charge in [-0.2, -0.15) is 0 Å². The van der Waals surface area contributed by atoms with Crippen molar-refractivity contribution in [3.8, 4) is 0 Å². The molecule has 1 aliphatic heterocycles. The van der Waals surface area contributed by atoms with Gasteiger partial charge in [0.15, 0.2) is 5.96 Å². The molecule has 2 rings (SSSR count). The summed E-state index contributed by atoms with van der Waals surface area (Å²) in [5, 5.41) is 3.53. The average Bonchev–Trinajstić information content (AvgIpc) is 3.22. The molecular formula is C18H34N6. The number of likely N-dealkylation sites (tertiary alicyclic amines) is 1. The summed E-state index contributed by atoms with van der Waals surface area (Å²) in [6.45, 7) is 13.0. The Balaban J connectivity index is 1.68. The summed E-state index contributed by atoms with van der Waals surface area (Å²) in [5.41, 5.74) is 0. The fourth-order valence-electron chi connectivity index (χ4n) is 3.55. The lowest BCUT2D eigenvalue weighted by Gasteiger charge is -2.27. The van der Waals surface area contributed by atoms with Gasteiger partial charge in [-0.1, -0.05) is 13.8 Å². The molecule has 0 radical (unpaired) electrons. The van der Waals surface area contributed by atoms with E-state index in [1.165, 1.54) is 6.42 Å². The molecule has 0 saturated carbocycles. The Bertz CT molecular complexity index is 505. The van der Waals surface area contributed by atoms with Crippen LogP contribution in [0.1, 0.15) is 38.9 Å². The molecule has 1 saturated heterocycles. The van der Waals surface area contributed by atoms with Crippen molar-refractivity contribution < 1.29 is 0 Å². The fourth-order valence-corrected chi connectivity index (χ4v) is 3.55. The van der Waals surface area contributed by atoms with Crippen molar-refractivity contribution in [2.45, 2.75) is 52.6 Å². The van der Waals surface area contributed by atoms with Crippen molar-refractivity contribution in [2.24, 2.45) is 4.99 Å². The van der Waals surface area contributed by atoms with Crippen LogP contribution >= 0.6 is 0 Å². The smallest absolute Gasteiger partial charge is 0.193 e. The number of aryl methyl sites for hydroxylation is 2. The van der Waals surface area contributed by atoms with Gasteiger partial charge in [0.2, 0.25) is 0 Å². The third-order valence-corrected chi connectivity index (χ3v) is 5.04. The van der Waals surface area contributed by atoms with Crippen molar-refractivity contribution in [3.63, 3.8) is 0 Å². The van der Waals surface area contributed by atoms with Gasteiger partial charge in [-0.05, 0) is 39.3 Å². The van der Waals surface area contributed by atoms with E-state index >= 15 is 0 Å². The van der Waals surface area contributed by atoms with Crippen LogP contribution in [0.15, 0.2) is 17.4 Å². The zero-order chi connectivity index (χ0) is 17.4. The van der Waals surface area contributed by atoms with E-state index in [4.69, 9.17) is 0 Å². The molecule has 0 amide bonds. The number of nitrogens with one attached hydrogen (secondary N) is 1. The summed E-state index contributed by atoms with van der Waals surface area (Å²) >= 11 is 0. The minimum Gasteiger partial charge on any atom is -0.356 e. The topological polar surface area (TPSA) is 48.7 Å². The summed E-state index contributed by atoms with van der Waals surface area (Å²) in [6.07, 6.45) is 7.46. The quantitative estimate of drug-likeness (QED) is 0.449. The second-order valence-corrected chi connectivity index (χ2v) is 6.46. The zero-order valence-corrected chi connectivity index (χ0v) is 15.8. The highest BCUT2D eigenvalue weighted by molar-refractivity contribution is 5.80. The molecule has 1 aromatic rings. The maximum atomic E-state index is 4.47. The number of guanidine groups is 1. The lowest BCUT2D eigenvalue weighted by atomic mass is 10.2. The average molecular weight is 335 g/mol. The standard InChI is InChI=1S/C18H34N6/c1-5-22(6-2)17-9-13-24(15-17)18(19-4)21-10-7-8-12-23-14-11-20-16(23)3/h11,14,17H,5-10,12-13,15H2,1-4H3,(H,19,21). The van der Waals surface area contributed by atoms with E-state index < -0.39 is 0 Å². The maximum Gasteiger partial charge on any atom is 0.193 e. The Hall–Kier alpha value is -1.56. The Morgan fingerprint density at radius 2 is 2.17 bits per heavy atom. The Labute approximate surface area is 147 Å². The van der Waals surface area contributed by atoms with E-state index in [1.54, 1.807) is 0 Å². The van der Waals surface area contributed by atoms with Crippen LogP contribution in [0.2, 0.25) is 0 Å². The molecule has 0 aromatic carbocycles. The molecule has 2 heterocycles. The summed E-state index contributed by atoms with van der Waals surface area (Å²) in [4.78, 5) is 13.7. The monoisotopic (exact) mass is 334 g/mol. The number of rotatable bonds is 8. The van der Waals surface area contributed by atoms with Crippen molar-refractivity contribution in [3.05, 3.63) is 18.2 Å². The zero-order valence-electron chi connectivity index (χ0n) is 15.8. The van der Waals surface area contributed by atoms with Crippen molar-refractivity contribution in [2.75, 3.05) is 39.8 Å². The van der Waals surface area contributed by atoms with E-state index in [9.17, 15) is 0 Å². The minimum absolute atomic E-state index is 0.669. The Morgan fingerprint density at radius 3 is 2.79 bits per heavy atom. The van der Waals surface area contributed by atoms with Gasteiger partial charge in [-0.25, -0.2) is 4.98 Å². The number of aromatic nitrogens is 2. The van der Waals surface area contributed by atoms with Crippen LogP contribution in [0, 0.1) is 6.92 Å². The molecule has 1 unspecified atom stereocenters. The van der Waals surface area contributed by atoms with E-state index in [-0.39, 0.29) is 0 Å². The molecule has 1 aromatic heterocycles. The molecule has 0 bridgehead atoms. The Kier molecular flexibility index (Phi) is 7.56. The van der Waals surface area contributed by atoms with Gasteiger partial charge in [-0.15, -0.1) is 0 Å². The molecule has 136 valence electrons. The van der Waals surface area contributed by atoms with E-state index in [0.717, 1.165) is 63.9 Å². The second kappa shape index (κ2) is 9.67. The van der Waals surface area contributed by atoms with Crippen LogP contribution in [0.25, 0.3) is 0 Å². The summed E-state index contributed by atoms with van der Waals surface area (Å²) < 4.78 is 2.21. The summed E-state index contributed by atoms with van der Waals surface area (Å²) in [6, 6.07) is 0.669. The van der Waals surface area contributed by atoms with Gasteiger partial charge in [0.25, 0.3) is 0 Å². The highest BCUT2D eigenvalue weighted by atomic mass is 15.3. The first-order chi connectivity index (χ1) is 11.7. The summed E-state index contributed by atoms with van der Waals surface area (Å²) in [5.74, 6) is 2.15. The lowest BCUT2D eigenvalue weighted by molar-refractivity contribution is 0.223. The molecule has 6 nitrogen and oxygen atoms in total. The molecule has 1 aliphatic rings. The molecule has 1 N–H and O–H groups in total. The van der Waals surface area contributed by atoms with Crippen LogP contribution in [-0.2, 0) is 6.54 Å². The van der Waals surface area contributed by atoms with Crippen LogP contribution in [-0.4, -0.2) is 71.1 Å². The van der Waals surface area contributed by atoms with Crippen molar-refractivity contribution in [1.29, 1.82) is 0 Å². The van der Waals surface area contributed by atoms with Gasteiger partial charge >= 0.3 is 0 Å². The first-order valence-corrected chi connectivity index (χ1v) is 9.36. The second-order valence-electron chi connectivity index (χ2n) is 6.46. The number of nitrogens with zero attached hydrogens (tertiary/aromatic N) is 5. The number of imidazole rings is 1. The molecule has 0 aliphatic carbocycles. The van der Waals surface area contributed by atoms with Gasteiger partial charge in [0.05, 0.1) is 0 Å². The highest BCUT2D eigenvalue weighted by Gasteiger charge is 2.27. The fraction of sp³-hybridized carbons (Fsp3) is 0.778. The number of hydrogen-bond acceptors (Lipinski definition) is 3. The van der Waals surface area contributed by atoms with Crippen LogP contribution in [0.4, 0.5) is 0 Å². The molecule has 1 fully saturated rings. The highest BCUT2D eigenvalue weighted by Crippen LogP contribution is 2.15. The Morgan fingerprint density at radius 1 is 1.38 bits per heavy atom. The SMILES string of the molecule is CCN(CC)C1CCN(C(=NC)NCCCCn2ccnc2C)C1. The first kappa shape index (κ1) is 18.8. The van der Waals surface area contributed by atoms with E-state index in [1.807, 2.05) is 13.2 Å². The largest absolute Gasteiger partial charge is 0.356 e. The molecular weight excluding hydrogens is 300 g/mol. The van der Waals surface area contributed by atoms with E-state index in [0.29, 0.717) is 6.04 Å². The minimum atomic E-state index is 0.669. The van der Waals surface area contributed by atoms with Crippen molar-refractivity contribution >= 4 is 5.96 Å². The maximum absolute atomic E-state index is 4.47. The van der Waals surface area contributed by atoms with Crippen LogP contribution in [0.5, 0.6) is 0 Å². The molecule has 24 heavy (non-hydrogen) atoms. The molecule has 1 atom stereocenters. The molecule has 0 spiro atoms. The number of aliphatic imine (C=N–C) groups is 1. The van der Waals surface area contributed by atoms with Gasteiger partial charge < -0.3 is 14.8 Å². The van der Waals surface area contributed by atoms with Crippen LogP contribution in [0.3, 0.4) is 0 Å². The number of hydrogen-bond donors (Lipinski definition) is 1. The van der Waals surface area contributed by atoms with Gasteiger partial charge in [0.1, 0.15) is 5.82 Å². The predicted molar refractivity (Wildman–Crippen MR) is 100 cm³/mol. The lowest BCUT2D eigenvalue weighted by Crippen LogP contribution is -2.43. The normalized spacial score (nSPS) is 18.6. The summed E-state index contributed by atoms with van der Waals surface area (Å²) in [7, 11) is 1.89. The first-order valence-electron chi connectivity index (χ1n) is 9.36. The van der Waals surface area contributed by atoms with Crippen LogP contribution < -0.4 is 5.32 Å². The predicted octanol–water partition coefficient (Wildman–Crippen LogP) is 1.96. The number of unbranched alkanes of at least 4 members (excludes halogenated alkanes) is 1. The van der Waals surface area contributed by atoms with Gasteiger partial charge in [0, 0.05) is 51.7 Å². The third kappa shape index (κ3) is 4.97. The third-order valence-electron chi connectivity index (χ3n) is 5.04. The molecule has 6 heteroatoms. The van der Waals surface area contributed by atoms with Gasteiger partial charge in [-0.3, -0.25) is 9.89 Å². The van der Waals surface area contributed by atoms with Crippen molar-refractivity contribution in [1.82, 2.24) is 24.7 Å².